The van der Waals surface area contributed by atoms with Crippen molar-refractivity contribution in [2.24, 2.45) is 0 Å². The minimum absolute atomic E-state index is 0.272. The molecule has 5 nitrogen and oxygen atoms in total. The zero-order valence-electron chi connectivity index (χ0n) is 12.8. The molecule has 0 aliphatic carbocycles. The second kappa shape index (κ2) is 6.52. The number of nitrogens with zero attached hydrogens (tertiary/aromatic N) is 1. The highest BCUT2D eigenvalue weighted by molar-refractivity contribution is 5.89. The quantitative estimate of drug-likeness (QED) is 0.796. The minimum Gasteiger partial charge on any atom is -0.490 e. The standard InChI is InChI=1S/C18H17NO4/c1-13-2-6-15(7-3-13)19-10-17(23-18(19)21)12-22-16-8-4-14(11-20)5-9-16/h2-9,11,17H,10,12H2,1H3. The Hall–Kier alpha value is -2.82. The Morgan fingerprint density at radius 2 is 1.87 bits per heavy atom. The third-order valence-electron chi connectivity index (χ3n) is 3.67. The summed E-state index contributed by atoms with van der Waals surface area (Å²) in [7, 11) is 0. The first kappa shape index (κ1) is 15.1. The average molecular weight is 311 g/mol. The highest BCUT2D eigenvalue weighted by Gasteiger charge is 2.32. The van der Waals surface area contributed by atoms with Crippen molar-refractivity contribution in [2.75, 3.05) is 18.1 Å². The van der Waals surface area contributed by atoms with Crippen LogP contribution in [-0.4, -0.2) is 31.6 Å². The van der Waals surface area contributed by atoms with Crippen molar-refractivity contribution in [3.8, 4) is 5.75 Å². The number of ether oxygens (including phenoxy) is 2. The zero-order chi connectivity index (χ0) is 16.2. The summed E-state index contributed by atoms with van der Waals surface area (Å²) in [4.78, 5) is 24.2. The van der Waals surface area contributed by atoms with Gasteiger partial charge in [0.25, 0.3) is 0 Å². The van der Waals surface area contributed by atoms with E-state index in [2.05, 4.69) is 0 Å². The van der Waals surface area contributed by atoms with E-state index in [1.807, 2.05) is 31.2 Å². The smallest absolute Gasteiger partial charge is 0.414 e. The minimum atomic E-state index is -0.362. The van der Waals surface area contributed by atoms with Crippen LogP contribution in [0.5, 0.6) is 5.75 Å². The fraction of sp³-hybridized carbons (Fsp3) is 0.222. The van der Waals surface area contributed by atoms with Crippen LogP contribution in [0.15, 0.2) is 48.5 Å². The molecule has 2 aromatic carbocycles. The van der Waals surface area contributed by atoms with E-state index >= 15 is 0 Å². The summed E-state index contributed by atoms with van der Waals surface area (Å²) in [5.41, 5.74) is 2.55. The molecule has 0 radical (unpaired) electrons. The van der Waals surface area contributed by atoms with Gasteiger partial charge in [0.2, 0.25) is 0 Å². The summed E-state index contributed by atoms with van der Waals surface area (Å²) in [6.07, 6.45) is 0.0930. The molecule has 23 heavy (non-hydrogen) atoms. The van der Waals surface area contributed by atoms with Gasteiger partial charge < -0.3 is 9.47 Å². The summed E-state index contributed by atoms with van der Waals surface area (Å²) >= 11 is 0. The van der Waals surface area contributed by atoms with Crippen molar-refractivity contribution in [1.82, 2.24) is 0 Å². The molecule has 3 rings (SSSR count). The van der Waals surface area contributed by atoms with Gasteiger partial charge in [0, 0.05) is 11.3 Å². The summed E-state index contributed by atoms with van der Waals surface area (Å²) < 4.78 is 11.0. The van der Waals surface area contributed by atoms with Gasteiger partial charge in [-0.05, 0) is 43.3 Å². The molecule has 1 aliphatic rings. The van der Waals surface area contributed by atoms with E-state index in [1.165, 1.54) is 0 Å². The molecule has 1 unspecified atom stereocenters. The van der Waals surface area contributed by atoms with Crippen molar-refractivity contribution in [1.29, 1.82) is 0 Å². The van der Waals surface area contributed by atoms with E-state index in [-0.39, 0.29) is 18.8 Å². The number of benzene rings is 2. The van der Waals surface area contributed by atoms with Gasteiger partial charge in [-0.2, -0.15) is 0 Å². The van der Waals surface area contributed by atoms with Crippen LogP contribution in [0.25, 0.3) is 0 Å². The number of anilines is 1. The van der Waals surface area contributed by atoms with Crippen LogP contribution < -0.4 is 9.64 Å². The number of aldehydes is 1. The first-order valence-electron chi connectivity index (χ1n) is 7.38. The number of amides is 1. The van der Waals surface area contributed by atoms with E-state index < -0.39 is 0 Å². The molecule has 1 amide bonds. The van der Waals surface area contributed by atoms with Gasteiger partial charge >= 0.3 is 6.09 Å². The van der Waals surface area contributed by atoms with Crippen LogP contribution in [0.4, 0.5) is 10.5 Å². The highest BCUT2D eigenvalue weighted by Crippen LogP contribution is 2.22. The van der Waals surface area contributed by atoms with Crippen LogP contribution in [-0.2, 0) is 4.74 Å². The van der Waals surface area contributed by atoms with Crippen molar-refractivity contribution in [2.45, 2.75) is 13.0 Å². The number of carbonyl (C=O) groups is 2. The summed E-state index contributed by atoms with van der Waals surface area (Å²) in [5, 5.41) is 0. The molecule has 0 saturated carbocycles. The fourth-order valence-corrected chi connectivity index (χ4v) is 2.38. The lowest BCUT2D eigenvalue weighted by Crippen LogP contribution is -2.26. The molecular formula is C18H17NO4. The first-order valence-corrected chi connectivity index (χ1v) is 7.38. The maximum Gasteiger partial charge on any atom is 0.414 e. The molecule has 2 aromatic rings. The summed E-state index contributed by atoms with van der Waals surface area (Å²) in [5.74, 6) is 0.639. The Morgan fingerprint density at radius 1 is 1.17 bits per heavy atom. The lowest BCUT2D eigenvalue weighted by Gasteiger charge is -2.13. The van der Waals surface area contributed by atoms with Gasteiger partial charge in [0.1, 0.15) is 18.6 Å². The predicted octanol–water partition coefficient (Wildman–Crippen LogP) is 3.21. The van der Waals surface area contributed by atoms with Crippen molar-refractivity contribution in [3.05, 3.63) is 59.7 Å². The van der Waals surface area contributed by atoms with Gasteiger partial charge in [-0.1, -0.05) is 17.7 Å². The van der Waals surface area contributed by atoms with Crippen molar-refractivity contribution in [3.63, 3.8) is 0 Å². The van der Waals surface area contributed by atoms with Crippen LogP contribution in [0.2, 0.25) is 0 Å². The van der Waals surface area contributed by atoms with E-state index in [1.54, 1.807) is 29.2 Å². The van der Waals surface area contributed by atoms with Gasteiger partial charge in [-0.15, -0.1) is 0 Å². The Labute approximate surface area is 134 Å². The Morgan fingerprint density at radius 3 is 2.52 bits per heavy atom. The zero-order valence-corrected chi connectivity index (χ0v) is 12.8. The monoisotopic (exact) mass is 311 g/mol. The second-order valence-electron chi connectivity index (χ2n) is 5.45. The number of carbonyl (C=O) groups excluding carboxylic acids is 2. The first-order chi connectivity index (χ1) is 11.2. The Kier molecular flexibility index (Phi) is 4.28. The van der Waals surface area contributed by atoms with Crippen LogP contribution in [0, 0.1) is 6.92 Å². The molecule has 0 N–H and O–H groups in total. The lowest BCUT2D eigenvalue weighted by molar-refractivity contribution is 0.105. The molecule has 1 heterocycles. The number of aryl methyl sites for hydroxylation is 1. The van der Waals surface area contributed by atoms with Crippen molar-refractivity contribution < 1.29 is 19.1 Å². The van der Waals surface area contributed by atoms with E-state index in [4.69, 9.17) is 9.47 Å². The van der Waals surface area contributed by atoms with Gasteiger partial charge in [0.05, 0.1) is 6.54 Å². The second-order valence-corrected chi connectivity index (χ2v) is 5.45. The molecule has 0 bridgehead atoms. The third-order valence-corrected chi connectivity index (χ3v) is 3.67. The average Bonchev–Trinajstić information content (AvgIpc) is 2.95. The summed E-state index contributed by atoms with van der Waals surface area (Å²) in [6.45, 7) is 2.72. The molecule has 1 saturated heterocycles. The predicted molar refractivity (Wildman–Crippen MR) is 86.1 cm³/mol. The van der Waals surface area contributed by atoms with E-state index in [9.17, 15) is 9.59 Å². The topological polar surface area (TPSA) is 55.8 Å². The van der Waals surface area contributed by atoms with E-state index in [0.717, 1.165) is 17.5 Å². The molecule has 0 aromatic heterocycles. The molecule has 1 fully saturated rings. The number of rotatable bonds is 5. The molecule has 118 valence electrons. The highest BCUT2D eigenvalue weighted by atomic mass is 16.6. The normalized spacial score (nSPS) is 17.0. The number of hydrogen-bond donors (Lipinski definition) is 0. The summed E-state index contributed by atoms with van der Waals surface area (Å²) in [6, 6.07) is 14.5. The molecule has 0 spiro atoms. The van der Waals surface area contributed by atoms with Crippen molar-refractivity contribution >= 4 is 18.1 Å². The van der Waals surface area contributed by atoms with Gasteiger partial charge in [0.15, 0.2) is 6.10 Å². The van der Waals surface area contributed by atoms with Gasteiger partial charge in [-0.25, -0.2) is 4.79 Å². The number of hydrogen-bond acceptors (Lipinski definition) is 4. The largest absolute Gasteiger partial charge is 0.490 e. The molecule has 5 heteroatoms. The lowest BCUT2D eigenvalue weighted by atomic mass is 10.2. The third kappa shape index (κ3) is 3.51. The molecular weight excluding hydrogens is 294 g/mol. The fourth-order valence-electron chi connectivity index (χ4n) is 2.38. The van der Waals surface area contributed by atoms with Gasteiger partial charge in [-0.3, -0.25) is 9.69 Å². The SMILES string of the molecule is Cc1ccc(N2CC(COc3ccc(C=O)cc3)OC2=O)cc1. The Balaban J connectivity index is 1.58. The van der Waals surface area contributed by atoms with Crippen LogP contribution in [0.3, 0.4) is 0 Å². The maximum atomic E-state index is 12.0. The van der Waals surface area contributed by atoms with Crippen LogP contribution >= 0.6 is 0 Å². The van der Waals surface area contributed by atoms with Crippen LogP contribution in [0.1, 0.15) is 15.9 Å². The molecule has 1 atom stereocenters. The van der Waals surface area contributed by atoms with E-state index in [0.29, 0.717) is 17.9 Å². The molecule has 1 aliphatic heterocycles. The number of cyclic esters (lactones) is 1. The Bertz CT molecular complexity index is 694. The maximum absolute atomic E-state index is 12.0.